The van der Waals surface area contributed by atoms with Crippen LogP contribution < -0.4 is 10.6 Å². The molecule has 8 rings (SSSR count). The number of benzene rings is 2. The summed E-state index contributed by atoms with van der Waals surface area (Å²) in [4.78, 5) is 39.6. The Morgan fingerprint density at radius 3 is 2.36 bits per heavy atom. The Labute approximate surface area is 316 Å². The van der Waals surface area contributed by atoms with Gasteiger partial charge in [0.2, 0.25) is 5.91 Å². The molecule has 3 aliphatic rings. The van der Waals surface area contributed by atoms with E-state index in [0.29, 0.717) is 33.0 Å². The number of nitrogens with zero attached hydrogens (tertiary/aromatic N) is 5. The smallest absolute Gasteiger partial charge is 0.289 e. The van der Waals surface area contributed by atoms with Crippen molar-refractivity contribution in [2.24, 2.45) is 0 Å². The molecule has 0 saturated heterocycles. The van der Waals surface area contributed by atoms with Crippen LogP contribution >= 0.6 is 9.24 Å². The van der Waals surface area contributed by atoms with E-state index in [2.05, 4.69) is 37.5 Å². The molecule has 17 heteroatoms. The molecule has 2 N–H and O–H groups in total. The van der Waals surface area contributed by atoms with Gasteiger partial charge in [0.15, 0.2) is 5.41 Å². The Morgan fingerprint density at radius 2 is 1.66 bits per heavy atom. The van der Waals surface area contributed by atoms with Gasteiger partial charge in [0, 0.05) is 41.6 Å². The first-order chi connectivity index (χ1) is 26.6. The molecule has 1 spiro atoms. The number of carbonyl (C=O) groups is 2. The van der Waals surface area contributed by atoms with Gasteiger partial charge < -0.3 is 10.6 Å². The van der Waals surface area contributed by atoms with Crippen molar-refractivity contribution in [3.05, 3.63) is 129 Å². The van der Waals surface area contributed by atoms with Crippen LogP contribution in [0.5, 0.6) is 0 Å². The van der Waals surface area contributed by atoms with E-state index in [9.17, 15) is 27.2 Å². The van der Waals surface area contributed by atoms with E-state index in [1.54, 1.807) is 33.5 Å². The molecule has 2 aliphatic carbocycles. The molecule has 1 fully saturated rings. The lowest BCUT2D eigenvalue weighted by atomic mass is 9.90. The summed E-state index contributed by atoms with van der Waals surface area (Å²) < 4.78 is 104. The van der Waals surface area contributed by atoms with Gasteiger partial charge in [-0.3, -0.25) is 14.3 Å². The lowest BCUT2D eigenvalue weighted by Crippen LogP contribution is -2.36. The maximum atomic E-state index is 15.5. The molecule has 2 amide bonds. The lowest BCUT2D eigenvalue weighted by Gasteiger charge is -2.32. The van der Waals surface area contributed by atoms with Gasteiger partial charge >= 0.3 is 0 Å². The zero-order valence-electron chi connectivity index (χ0n) is 29.0. The summed E-state index contributed by atoms with van der Waals surface area (Å²) in [5.41, 5.74) is -0.866. The number of rotatable bonds is 8. The molecule has 2 unspecified atom stereocenters. The highest BCUT2D eigenvalue weighted by atomic mass is 31.0. The number of fused-ring (bicyclic) bond motifs is 3. The molecular weight excluding hydrogens is 762 g/mol. The molecule has 5 aromatic rings. The monoisotopic (exact) mass is 791 g/mol. The standard InChI is InChI=1S/C39H29F7N7O2P/c40-23-11-21(12-24(41)15-23)13-29(50-30(54)18-53-34-31(33(52-53)35(42)43)39(46,56)10-9-38(34,44)45)32-26(5-4-25(49-32)3-1-20-16-47-19-48-17-20)22-2-6-28-27(14-22)36(55)51-37(28)7-8-37/h2,4-6,11-12,14-17,19,29,35H,7-10,13,18,56H2,(H,50,54)(H,51,55)/t29-,39?/m0/s1. The second-order valence-corrected chi connectivity index (χ2v) is 15.0. The van der Waals surface area contributed by atoms with Crippen LogP contribution in [-0.2, 0) is 34.6 Å². The SMILES string of the molecule is O=C(Cn1nc(C(F)F)c2c1C(F)(F)CCC2(F)P)N[C@@H](Cc1cc(F)cc(F)c1)c1nc(C#Cc2cncnc2)ccc1-c1ccc2c(c1)C(=O)NC21CC1. The number of halogens is 7. The van der Waals surface area contributed by atoms with E-state index >= 15 is 13.2 Å². The van der Waals surface area contributed by atoms with Crippen LogP contribution in [0.1, 0.15) is 93.5 Å². The van der Waals surface area contributed by atoms with Crippen molar-refractivity contribution < 1.29 is 40.3 Å². The van der Waals surface area contributed by atoms with Gasteiger partial charge in [-0.2, -0.15) is 13.9 Å². The summed E-state index contributed by atoms with van der Waals surface area (Å²) in [7, 11) is 1.69. The number of aromatic nitrogens is 5. The molecule has 9 nitrogen and oxygen atoms in total. The molecule has 2 aromatic carbocycles. The maximum Gasteiger partial charge on any atom is 0.289 e. The van der Waals surface area contributed by atoms with Crippen LogP contribution in [-0.4, -0.2) is 36.5 Å². The van der Waals surface area contributed by atoms with Gasteiger partial charge in [0.1, 0.15) is 41.6 Å². The number of nitrogens with one attached hydrogen (secondary N) is 2. The number of hydrogen-bond donors (Lipinski definition) is 2. The minimum absolute atomic E-state index is 0.0655. The lowest BCUT2D eigenvalue weighted by molar-refractivity contribution is -0.123. The van der Waals surface area contributed by atoms with Crippen molar-refractivity contribution in [3.8, 4) is 23.0 Å². The molecule has 1 aliphatic heterocycles. The molecule has 286 valence electrons. The van der Waals surface area contributed by atoms with Crippen molar-refractivity contribution >= 4 is 21.1 Å². The van der Waals surface area contributed by atoms with Crippen molar-refractivity contribution in [1.29, 1.82) is 0 Å². The molecule has 56 heavy (non-hydrogen) atoms. The van der Waals surface area contributed by atoms with Crippen LogP contribution in [0.2, 0.25) is 0 Å². The summed E-state index contributed by atoms with van der Waals surface area (Å²) in [5.74, 6) is -1.17. The first kappa shape index (κ1) is 37.3. The maximum absolute atomic E-state index is 15.5. The van der Waals surface area contributed by atoms with E-state index in [1.165, 1.54) is 18.7 Å². The number of alkyl halides is 5. The van der Waals surface area contributed by atoms with Gasteiger partial charge in [-0.05, 0) is 78.6 Å². The van der Waals surface area contributed by atoms with Gasteiger partial charge in [-0.25, -0.2) is 36.9 Å². The fourth-order valence-corrected chi connectivity index (χ4v) is 7.84. The Morgan fingerprint density at radius 1 is 0.929 bits per heavy atom. The van der Waals surface area contributed by atoms with E-state index < -0.39 is 83.2 Å². The van der Waals surface area contributed by atoms with Gasteiger partial charge in [-0.1, -0.05) is 27.3 Å². The topological polar surface area (TPSA) is 115 Å². The second-order valence-electron chi connectivity index (χ2n) is 14.0. The minimum Gasteiger partial charge on any atom is -0.346 e. The second kappa shape index (κ2) is 13.8. The summed E-state index contributed by atoms with van der Waals surface area (Å²) in [6.07, 6.45) is 0.277. The largest absolute Gasteiger partial charge is 0.346 e. The molecule has 3 aromatic heterocycles. The van der Waals surface area contributed by atoms with Crippen molar-refractivity contribution in [2.75, 3.05) is 0 Å². The van der Waals surface area contributed by atoms with E-state index in [-0.39, 0.29) is 29.3 Å². The zero-order valence-corrected chi connectivity index (χ0v) is 30.2. The minimum atomic E-state index is -3.80. The highest BCUT2D eigenvalue weighted by Gasteiger charge is 2.53. The van der Waals surface area contributed by atoms with E-state index in [4.69, 9.17) is 4.98 Å². The zero-order chi connectivity index (χ0) is 39.6. The quantitative estimate of drug-likeness (QED) is 0.0989. The Hall–Kier alpha value is -5.68. The van der Waals surface area contributed by atoms with Gasteiger partial charge in [0.05, 0.1) is 22.8 Å². The Kier molecular flexibility index (Phi) is 9.19. The van der Waals surface area contributed by atoms with Crippen LogP contribution in [0.3, 0.4) is 0 Å². The van der Waals surface area contributed by atoms with Gasteiger partial charge in [0.25, 0.3) is 18.3 Å². The average molecular weight is 792 g/mol. The first-order valence-corrected chi connectivity index (χ1v) is 18.0. The van der Waals surface area contributed by atoms with Crippen molar-refractivity contribution in [1.82, 2.24) is 35.4 Å². The van der Waals surface area contributed by atoms with Gasteiger partial charge in [-0.15, -0.1) is 0 Å². The van der Waals surface area contributed by atoms with Crippen molar-refractivity contribution in [3.63, 3.8) is 0 Å². The van der Waals surface area contributed by atoms with Crippen LogP contribution in [0, 0.1) is 23.5 Å². The number of carbonyl (C=O) groups excluding carboxylic acids is 2. The molecule has 4 heterocycles. The fourth-order valence-electron chi connectivity index (χ4n) is 7.41. The third-order valence-corrected chi connectivity index (χ3v) is 10.7. The summed E-state index contributed by atoms with van der Waals surface area (Å²) in [5, 5.41) is 6.63. The highest BCUT2D eigenvalue weighted by Crippen LogP contribution is 2.54. The number of amides is 2. The third kappa shape index (κ3) is 7.00. The fraction of sp³-hybridized carbons (Fsp3) is 0.282. The third-order valence-electron chi connectivity index (χ3n) is 10.1. The molecular formula is C39H29F7N7O2P. The van der Waals surface area contributed by atoms with Crippen LogP contribution in [0.15, 0.2) is 67.3 Å². The number of hydrogen-bond acceptors (Lipinski definition) is 6. The molecule has 0 radical (unpaired) electrons. The van der Waals surface area contributed by atoms with Crippen LogP contribution in [0.25, 0.3) is 11.1 Å². The van der Waals surface area contributed by atoms with E-state index in [1.807, 2.05) is 6.07 Å². The first-order valence-electron chi connectivity index (χ1n) is 17.4. The summed E-state index contributed by atoms with van der Waals surface area (Å²) >= 11 is 0. The Balaban J connectivity index is 1.23. The van der Waals surface area contributed by atoms with Crippen LogP contribution in [0.4, 0.5) is 30.7 Å². The molecule has 3 atom stereocenters. The average Bonchev–Trinajstić information content (AvgIpc) is 3.72. The normalized spacial score (nSPS) is 19.1. The summed E-state index contributed by atoms with van der Waals surface area (Å²) in [6, 6.07) is 9.93. The Bertz CT molecular complexity index is 2460. The highest BCUT2D eigenvalue weighted by molar-refractivity contribution is 7.18. The van der Waals surface area contributed by atoms with E-state index in [0.717, 1.165) is 30.5 Å². The predicted molar refractivity (Wildman–Crippen MR) is 190 cm³/mol. The molecule has 1 saturated carbocycles. The van der Waals surface area contributed by atoms with Crippen molar-refractivity contribution in [2.45, 2.75) is 68.0 Å². The molecule has 0 bridgehead atoms. The summed E-state index contributed by atoms with van der Waals surface area (Å²) in [6.45, 7) is -1.05. The number of pyridine rings is 1. The predicted octanol–water partition coefficient (Wildman–Crippen LogP) is 7.07.